The largest absolute Gasteiger partial charge is 0.349 e. The average molecular weight is 529 g/mol. The van der Waals surface area contributed by atoms with Crippen molar-refractivity contribution in [3.63, 3.8) is 0 Å². The summed E-state index contributed by atoms with van der Waals surface area (Å²) < 4.78 is 13.1. The quantitative estimate of drug-likeness (QED) is 0.356. The van der Waals surface area contributed by atoms with Crippen molar-refractivity contribution in [2.75, 3.05) is 17.8 Å². The Morgan fingerprint density at radius 3 is 2.57 bits per heavy atom. The van der Waals surface area contributed by atoms with E-state index < -0.39 is 9.52 Å². The zero-order chi connectivity index (χ0) is 24.4. The van der Waals surface area contributed by atoms with Gasteiger partial charge in [-0.25, -0.2) is 15.0 Å². The van der Waals surface area contributed by atoms with Crippen LogP contribution < -0.4 is 5.32 Å². The number of amides is 1. The normalized spacial score (nSPS) is 26.7. The topological polar surface area (TPSA) is 84.8 Å². The lowest BCUT2D eigenvalue weighted by Crippen LogP contribution is -2.40. The van der Waals surface area contributed by atoms with Gasteiger partial charge in [0.05, 0.1) is 15.2 Å². The highest BCUT2D eigenvalue weighted by atomic mass is 32.2. The van der Waals surface area contributed by atoms with Crippen LogP contribution in [0.4, 0.5) is 0 Å². The molecule has 0 radical (unpaired) electrons. The number of carbonyl (C=O) groups is 1. The SMILES string of the molecule is C=S1(=O)CCC(NC(=O)c2ccc3nc(C[C@H]4CC[C@H](Cc5ncc(SC)cn5)C4)sc3c2)CC1. The molecule has 1 saturated carbocycles. The van der Waals surface area contributed by atoms with Gasteiger partial charge in [0.1, 0.15) is 5.82 Å². The number of thiazole rings is 1. The van der Waals surface area contributed by atoms with Gasteiger partial charge in [-0.05, 0) is 83.8 Å². The van der Waals surface area contributed by atoms with Crippen molar-refractivity contribution < 1.29 is 9.00 Å². The van der Waals surface area contributed by atoms with Crippen LogP contribution in [0.15, 0.2) is 35.5 Å². The second-order valence-electron chi connectivity index (χ2n) is 9.90. The molecule has 1 aromatic carbocycles. The number of nitrogens with one attached hydrogen (secondary N) is 1. The first-order valence-electron chi connectivity index (χ1n) is 12.2. The van der Waals surface area contributed by atoms with Crippen molar-refractivity contribution in [2.45, 2.75) is 55.9 Å². The van der Waals surface area contributed by atoms with Crippen molar-refractivity contribution in [2.24, 2.45) is 11.8 Å². The number of fused-ring (bicyclic) bond motifs is 1. The van der Waals surface area contributed by atoms with Crippen molar-refractivity contribution in [3.8, 4) is 0 Å². The van der Waals surface area contributed by atoms with Gasteiger partial charge < -0.3 is 5.32 Å². The summed E-state index contributed by atoms with van der Waals surface area (Å²) in [5.74, 6) is 7.16. The summed E-state index contributed by atoms with van der Waals surface area (Å²) in [6.07, 6.45) is 12.9. The van der Waals surface area contributed by atoms with Crippen molar-refractivity contribution in [1.82, 2.24) is 20.3 Å². The van der Waals surface area contributed by atoms with Crippen LogP contribution in [0.25, 0.3) is 10.2 Å². The molecule has 6 nitrogen and oxygen atoms in total. The summed E-state index contributed by atoms with van der Waals surface area (Å²) in [7, 11) is -1.94. The third-order valence-electron chi connectivity index (χ3n) is 7.21. The molecular weight excluding hydrogens is 497 g/mol. The first-order chi connectivity index (χ1) is 16.9. The third-order valence-corrected chi connectivity index (χ3v) is 10.9. The lowest BCUT2D eigenvalue weighted by Gasteiger charge is -2.25. The van der Waals surface area contributed by atoms with Gasteiger partial charge in [0, 0.05) is 53.2 Å². The fraction of sp³-hybridized carbons (Fsp3) is 0.500. The van der Waals surface area contributed by atoms with Crippen LogP contribution in [-0.4, -0.2) is 54.7 Å². The highest BCUT2D eigenvalue weighted by Crippen LogP contribution is 2.36. The molecule has 35 heavy (non-hydrogen) atoms. The number of nitrogens with zero attached hydrogens (tertiary/aromatic N) is 3. The monoisotopic (exact) mass is 528 g/mol. The molecule has 1 amide bonds. The van der Waals surface area contributed by atoms with Crippen molar-refractivity contribution >= 4 is 54.6 Å². The van der Waals surface area contributed by atoms with E-state index in [1.165, 1.54) is 19.3 Å². The maximum atomic E-state index is 12.8. The van der Waals surface area contributed by atoms with Gasteiger partial charge in [-0.1, -0.05) is 0 Å². The van der Waals surface area contributed by atoms with Gasteiger partial charge in [0.15, 0.2) is 0 Å². The van der Waals surface area contributed by atoms with Crippen LogP contribution in [0.1, 0.15) is 53.3 Å². The van der Waals surface area contributed by atoms with Crippen LogP contribution in [-0.2, 0) is 22.4 Å². The van der Waals surface area contributed by atoms with Gasteiger partial charge in [-0.15, -0.1) is 23.1 Å². The molecule has 2 aromatic heterocycles. The molecular formula is C26H32N4O2S3. The number of rotatable bonds is 7. The van der Waals surface area contributed by atoms with Crippen molar-refractivity contribution in [1.29, 1.82) is 0 Å². The van der Waals surface area contributed by atoms with E-state index in [9.17, 15) is 9.00 Å². The van der Waals surface area contributed by atoms with Gasteiger partial charge in [0.2, 0.25) is 0 Å². The standard InChI is InChI=1S/C26H32N4O2S3/c1-33-21-15-27-24(28-16-21)12-17-3-4-18(11-17)13-25-30-22-6-5-19(14-23(22)34-25)26(31)29-20-7-9-35(2,32)10-8-20/h5-6,14-18,20H,2-4,7-13H2,1H3,(H,29,31)/t17-,18-,20?,35?/m0/s1. The Labute approximate surface area is 215 Å². The lowest BCUT2D eigenvalue weighted by atomic mass is 9.99. The maximum Gasteiger partial charge on any atom is 0.251 e. The van der Waals surface area contributed by atoms with Gasteiger partial charge in [-0.3, -0.25) is 9.00 Å². The minimum Gasteiger partial charge on any atom is -0.349 e. The van der Waals surface area contributed by atoms with Crippen molar-refractivity contribution in [3.05, 3.63) is 47.0 Å². The van der Waals surface area contributed by atoms with Crippen LogP contribution in [0.3, 0.4) is 0 Å². The second-order valence-corrected chi connectivity index (χ2v) is 14.6. The highest BCUT2D eigenvalue weighted by Gasteiger charge is 2.27. The number of hydrogen-bond acceptors (Lipinski definition) is 7. The number of hydrogen-bond donors (Lipinski definition) is 1. The number of carbonyl (C=O) groups excluding carboxylic acids is 1. The fourth-order valence-corrected chi connectivity index (χ4v) is 8.25. The molecule has 1 aliphatic heterocycles. The van der Waals surface area contributed by atoms with Crippen LogP contribution >= 0.6 is 23.1 Å². The molecule has 2 fully saturated rings. The Balaban J connectivity index is 1.17. The molecule has 186 valence electrons. The van der Waals surface area contributed by atoms with E-state index in [0.717, 1.165) is 51.6 Å². The van der Waals surface area contributed by atoms with Crippen LogP contribution in [0, 0.1) is 11.8 Å². The van der Waals surface area contributed by atoms with E-state index in [1.54, 1.807) is 23.1 Å². The Bertz CT molecular complexity index is 1290. The Hall–Kier alpha value is -1.97. The summed E-state index contributed by atoms with van der Waals surface area (Å²) in [4.78, 5) is 27.8. The Morgan fingerprint density at radius 2 is 1.86 bits per heavy atom. The zero-order valence-corrected chi connectivity index (χ0v) is 22.5. The highest BCUT2D eigenvalue weighted by molar-refractivity contribution is 8.00. The minimum atomic E-state index is -1.94. The number of thioether (sulfide) groups is 1. The lowest BCUT2D eigenvalue weighted by molar-refractivity contribution is 0.0934. The second kappa shape index (κ2) is 10.6. The molecule has 5 rings (SSSR count). The summed E-state index contributed by atoms with van der Waals surface area (Å²) in [6.45, 7) is 0. The maximum absolute atomic E-state index is 12.8. The predicted octanol–water partition coefficient (Wildman–Crippen LogP) is 4.62. The van der Waals surface area contributed by atoms with Gasteiger partial charge in [-0.2, -0.15) is 0 Å². The smallest absolute Gasteiger partial charge is 0.251 e. The van der Waals surface area contributed by atoms with Crippen LogP contribution in [0.5, 0.6) is 0 Å². The molecule has 2 atom stereocenters. The predicted molar refractivity (Wildman–Crippen MR) is 147 cm³/mol. The Morgan fingerprint density at radius 1 is 1.14 bits per heavy atom. The number of benzene rings is 1. The fourth-order valence-electron chi connectivity index (χ4n) is 5.18. The average Bonchev–Trinajstić information content (AvgIpc) is 3.46. The molecule has 0 bridgehead atoms. The van der Waals surface area contributed by atoms with E-state index in [4.69, 9.17) is 4.98 Å². The molecule has 1 aliphatic carbocycles. The minimum absolute atomic E-state index is 0.0595. The van der Waals surface area contributed by atoms with Gasteiger partial charge in [0.25, 0.3) is 5.91 Å². The van der Waals surface area contributed by atoms with E-state index in [0.29, 0.717) is 28.9 Å². The Kier molecular flexibility index (Phi) is 7.46. The first kappa shape index (κ1) is 24.7. The molecule has 1 saturated heterocycles. The van der Waals surface area contributed by atoms with E-state index in [-0.39, 0.29) is 11.9 Å². The summed E-state index contributed by atoms with van der Waals surface area (Å²) >= 11 is 3.38. The molecule has 9 heteroatoms. The van der Waals surface area contributed by atoms with Crippen LogP contribution in [0.2, 0.25) is 0 Å². The first-order valence-corrected chi connectivity index (χ1v) is 16.4. The third kappa shape index (κ3) is 6.24. The molecule has 3 heterocycles. The van der Waals surface area contributed by atoms with E-state index >= 15 is 0 Å². The summed E-state index contributed by atoms with van der Waals surface area (Å²) in [6, 6.07) is 5.87. The number of aromatic nitrogens is 3. The summed E-state index contributed by atoms with van der Waals surface area (Å²) in [5.41, 5.74) is 1.63. The van der Waals surface area contributed by atoms with E-state index in [2.05, 4.69) is 21.2 Å². The zero-order valence-electron chi connectivity index (χ0n) is 20.1. The molecule has 2 aliphatic rings. The molecule has 0 spiro atoms. The van der Waals surface area contributed by atoms with E-state index in [1.807, 2.05) is 36.8 Å². The molecule has 0 unspecified atom stereocenters. The molecule has 1 N–H and O–H groups in total. The molecule has 3 aromatic rings. The summed E-state index contributed by atoms with van der Waals surface area (Å²) in [5, 5.41) is 4.27. The van der Waals surface area contributed by atoms with Gasteiger partial charge >= 0.3 is 0 Å².